The first-order valence-electron chi connectivity index (χ1n) is 7.28. The molecule has 6 heteroatoms. The number of urea groups is 1. The highest BCUT2D eigenvalue weighted by Crippen LogP contribution is 2.17. The third-order valence-corrected chi connectivity index (χ3v) is 3.54. The number of carbonyl (C=O) groups is 1. The summed E-state index contributed by atoms with van der Waals surface area (Å²) in [6.07, 6.45) is 2.35. The minimum absolute atomic E-state index is 0.0417. The van der Waals surface area contributed by atoms with Crippen molar-refractivity contribution in [3.63, 3.8) is 0 Å². The van der Waals surface area contributed by atoms with Gasteiger partial charge in [-0.1, -0.05) is 12.1 Å². The van der Waals surface area contributed by atoms with Gasteiger partial charge in [-0.15, -0.1) is 5.10 Å². The van der Waals surface area contributed by atoms with Gasteiger partial charge in [0.25, 0.3) is 0 Å². The van der Waals surface area contributed by atoms with Crippen molar-refractivity contribution in [3.8, 4) is 5.88 Å². The van der Waals surface area contributed by atoms with Crippen LogP contribution in [-0.2, 0) is 0 Å². The fraction of sp³-hybridized carbons (Fsp3) is 0.312. The van der Waals surface area contributed by atoms with E-state index in [1.165, 1.54) is 0 Å². The zero-order valence-corrected chi connectivity index (χ0v) is 12.4. The third kappa shape index (κ3) is 3.52. The van der Waals surface area contributed by atoms with Crippen molar-refractivity contribution in [1.29, 1.82) is 0 Å². The maximum absolute atomic E-state index is 12.3. The van der Waals surface area contributed by atoms with Crippen LogP contribution in [-0.4, -0.2) is 40.3 Å². The largest absolute Gasteiger partial charge is 0.471 e. The average molecular weight is 298 g/mol. The van der Waals surface area contributed by atoms with Crippen molar-refractivity contribution in [2.45, 2.75) is 19.4 Å². The predicted molar refractivity (Wildman–Crippen MR) is 82.8 cm³/mol. The molecule has 1 aliphatic heterocycles. The number of rotatable bonds is 3. The predicted octanol–water partition coefficient (Wildman–Crippen LogP) is 2.47. The Morgan fingerprint density at radius 3 is 3.05 bits per heavy atom. The number of aromatic nitrogens is 2. The Labute approximate surface area is 129 Å². The van der Waals surface area contributed by atoms with Gasteiger partial charge in [-0.2, -0.15) is 5.10 Å². The minimum atomic E-state index is -0.101. The molecule has 1 aromatic heterocycles. The van der Waals surface area contributed by atoms with E-state index in [9.17, 15) is 4.79 Å². The number of hydrogen-bond donors (Lipinski definition) is 1. The molecule has 22 heavy (non-hydrogen) atoms. The number of benzene rings is 1. The fourth-order valence-corrected chi connectivity index (χ4v) is 2.46. The number of nitrogens with one attached hydrogen (secondary N) is 1. The number of anilines is 1. The van der Waals surface area contributed by atoms with E-state index in [1.807, 2.05) is 31.2 Å². The first-order chi connectivity index (χ1) is 10.7. The Balaban J connectivity index is 1.55. The zero-order chi connectivity index (χ0) is 15.4. The highest BCUT2D eigenvalue weighted by Gasteiger charge is 2.28. The van der Waals surface area contributed by atoms with Crippen LogP contribution >= 0.6 is 0 Å². The van der Waals surface area contributed by atoms with Crippen molar-refractivity contribution < 1.29 is 9.53 Å². The van der Waals surface area contributed by atoms with Crippen molar-refractivity contribution in [1.82, 2.24) is 15.1 Å². The molecule has 0 saturated carbocycles. The summed E-state index contributed by atoms with van der Waals surface area (Å²) in [6.45, 7) is 3.22. The maximum Gasteiger partial charge on any atom is 0.321 e. The molecule has 0 radical (unpaired) electrons. The number of nitrogens with zero attached hydrogens (tertiary/aromatic N) is 3. The number of amides is 2. The van der Waals surface area contributed by atoms with Gasteiger partial charge >= 0.3 is 6.03 Å². The minimum Gasteiger partial charge on any atom is -0.471 e. The molecule has 2 heterocycles. The molecular weight excluding hydrogens is 280 g/mol. The highest BCUT2D eigenvalue weighted by molar-refractivity contribution is 5.89. The highest BCUT2D eigenvalue weighted by atomic mass is 16.5. The third-order valence-electron chi connectivity index (χ3n) is 3.54. The lowest BCUT2D eigenvalue weighted by Crippen LogP contribution is -2.34. The summed E-state index contributed by atoms with van der Waals surface area (Å²) in [7, 11) is 0. The molecule has 1 aromatic carbocycles. The van der Waals surface area contributed by atoms with E-state index in [1.54, 1.807) is 23.2 Å². The number of likely N-dealkylation sites (tertiary alicyclic amines) is 1. The lowest BCUT2D eigenvalue weighted by molar-refractivity contribution is 0.188. The summed E-state index contributed by atoms with van der Waals surface area (Å²) in [4.78, 5) is 14.0. The Morgan fingerprint density at radius 1 is 1.36 bits per heavy atom. The Kier molecular flexibility index (Phi) is 4.18. The van der Waals surface area contributed by atoms with E-state index in [0.29, 0.717) is 19.0 Å². The van der Waals surface area contributed by atoms with Crippen LogP contribution in [0.15, 0.2) is 42.6 Å². The molecule has 0 spiro atoms. The zero-order valence-electron chi connectivity index (χ0n) is 12.4. The van der Waals surface area contributed by atoms with Gasteiger partial charge in [-0.3, -0.25) is 0 Å². The van der Waals surface area contributed by atoms with Crippen molar-refractivity contribution in [2.24, 2.45) is 0 Å². The van der Waals surface area contributed by atoms with E-state index < -0.39 is 0 Å². The summed E-state index contributed by atoms with van der Waals surface area (Å²) >= 11 is 0. The molecule has 6 nitrogen and oxygen atoms in total. The Hall–Kier alpha value is -2.63. The van der Waals surface area contributed by atoms with Crippen LogP contribution in [0.1, 0.15) is 12.0 Å². The van der Waals surface area contributed by atoms with Crippen LogP contribution in [0.3, 0.4) is 0 Å². The maximum atomic E-state index is 12.3. The standard InChI is InChI=1S/C16H18N4O2/c1-12-4-2-5-13(10-12)18-16(21)20-9-7-14(11-20)22-15-6-3-8-17-19-15/h2-6,8,10,14H,7,9,11H2,1H3,(H,18,21). The van der Waals surface area contributed by atoms with Gasteiger partial charge in [0.15, 0.2) is 0 Å². The lowest BCUT2D eigenvalue weighted by Gasteiger charge is -2.17. The molecule has 0 aliphatic carbocycles. The van der Waals surface area contributed by atoms with Crippen molar-refractivity contribution in [3.05, 3.63) is 48.2 Å². The normalized spacial score (nSPS) is 17.3. The van der Waals surface area contributed by atoms with Gasteiger partial charge in [0, 0.05) is 30.9 Å². The molecule has 3 rings (SSSR count). The molecule has 0 bridgehead atoms. The summed E-state index contributed by atoms with van der Waals surface area (Å²) in [5, 5.41) is 10.6. The van der Waals surface area contributed by atoms with Gasteiger partial charge < -0.3 is 15.0 Å². The van der Waals surface area contributed by atoms with Crippen LogP contribution in [0.25, 0.3) is 0 Å². The molecule has 2 aromatic rings. The number of aryl methyl sites for hydroxylation is 1. The topological polar surface area (TPSA) is 67.4 Å². The smallest absolute Gasteiger partial charge is 0.321 e. The van der Waals surface area contributed by atoms with Crippen LogP contribution < -0.4 is 10.1 Å². The molecule has 1 unspecified atom stereocenters. The molecule has 1 aliphatic rings. The second kappa shape index (κ2) is 6.43. The quantitative estimate of drug-likeness (QED) is 0.945. The van der Waals surface area contributed by atoms with E-state index >= 15 is 0 Å². The number of carbonyl (C=O) groups excluding carboxylic acids is 1. The van der Waals surface area contributed by atoms with E-state index in [4.69, 9.17) is 4.74 Å². The van der Waals surface area contributed by atoms with Gasteiger partial charge in [-0.05, 0) is 30.7 Å². The van der Waals surface area contributed by atoms with E-state index in [2.05, 4.69) is 15.5 Å². The SMILES string of the molecule is Cc1cccc(NC(=O)N2CCC(Oc3cccnn3)C2)c1. The average Bonchev–Trinajstić information content (AvgIpc) is 2.97. The first kappa shape index (κ1) is 14.3. The molecule has 2 amide bonds. The van der Waals surface area contributed by atoms with Crippen LogP contribution in [0.2, 0.25) is 0 Å². The second-order valence-electron chi connectivity index (χ2n) is 5.34. The summed E-state index contributed by atoms with van der Waals surface area (Å²) in [5.41, 5.74) is 1.92. The van der Waals surface area contributed by atoms with Crippen LogP contribution in [0.4, 0.5) is 10.5 Å². The molecule has 1 N–H and O–H groups in total. The van der Waals surface area contributed by atoms with Gasteiger partial charge in [0.05, 0.1) is 6.54 Å². The van der Waals surface area contributed by atoms with Crippen LogP contribution in [0.5, 0.6) is 5.88 Å². The number of hydrogen-bond acceptors (Lipinski definition) is 4. The Bertz CT molecular complexity index is 648. The van der Waals surface area contributed by atoms with Gasteiger partial charge in [-0.25, -0.2) is 4.79 Å². The molecule has 1 fully saturated rings. The number of ether oxygens (including phenoxy) is 1. The summed E-state index contributed by atoms with van der Waals surface area (Å²) in [5.74, 6) is 0.494. The molecule has 1 atom stereocenters. The Morgan fingerprint density at radius 2 is 2.27 bits per heavy atom. The monoisotopic (exact) mass is 298 g/mol. The van der Waals surface area contributed by atoms with Crippen molar-refractivity contribution >= 4 is 11.7 Å². The fourth-order valence-electron chi connectivity index (χ4n) is 2.46. The van der Waals surface area contributed by atoms with Gasteiger partial charge in [0.2, 0.25) is 5.88 Å². The summed E-state index contributed by atoms with van der Waals surface area (Å²) < 4.78 is 5.73. The second-order valence-corrected chi connectivity index (χ2v) is 5.34. The molecular formula is C16H18N4O2. The lowest BCUT2D eigenvalue weighted by atomic mass is 10.2. The van der Waals surface area contributed by atoms with Crippen molar-refractivity contribution in [2.75, 3.05) is 18.4 Å². The van der Waals surface area contributed by atoms with E-state index in [0.717, 1.165) is 17.7 Å². The van der Waals surface area contributed by atoms with Gasteiger partial charge in [0.1, 0.15) is 6.10 Å². The van der Waals surface area contributed by atoms with E-state index in [-0.39, 0.29) is 12.1 Å². The summed E-state index contributed by atoms with van der Waals surface area (Å²) in [6, 6.07) is 11.2. The first-order valence-corrected chi connectivity index (χ1v) is 7.28. The van der Waals surface area contributed by atoms with Crippen LogP contribution in [0, 0.1) is 6.92 Å². The molecule has 114 valence electrons. The molecule has 1 saturated heterocycles.